The molecule has 2 rings (SSSR count). The summed E-state index contributed by atoms with van der Waals surface area (Å²) in [7, 11) is 0. The molecule has 0 aliphatic heterocycles. The molecule has 1 aromatic heterocycles. The van der Waals surface area contributed by atoms with Gasteiger partial charge in [-0.25, -0.2) is 4.98 Å². The van der Waals surface area contributed by atoms with Crippen molar-refractivity contribution in [1.29, 1.82) is 0 Å². The van der Waals surface area contributed by atoms with Crippen molar-refractivity contribution in [2.45, 2.75) is 23.8 Å². The second-order valence-electron chi connectivity index (χ2n) is 4.08. The van der Waals surface area contributed by atoms with Gasteiger partial charge in [0.05, 0.1) is 16.6 Å². The number of fused-ring (bicyclic) bond motifs is 1. The average molecular weight is 310 g/mol. The summed E-state index contributed by atoms with van der Waals surface area (Å²) >= 11 is 3.09. The van der Waals surface area contributed by atoms with Crippen molar-refractivity contribution in [3.63, 3.8) is 0 Å². The van der Waals surface area contributed by atoms with Crippen LogP contribution in [-0.4, -0.2) is 28.7 Å². The van der Waals surface area contributed by atoms with Gasteiger partial charge < -0.3 is 10.5 Å². The summed E-state index contributed by atoms with van der Waals surface area (Å²) in [4.78, 5) is 26.7. The number of rotatable bonds is 6. The average Bonchev–Trinajstić information content (AvgIpc) is 2.81. The topological polar surface area (TPSA) is 82.3 Å². The minimum Gasteiger partial charge on any atom is -0.453 e. The zero-order valence-electron chi connectivity index (χ0n) is 10.9. The summed E-state index contributed by atoms with van der Waals surface area (Å²) in [6, 6.07) is 7.88. The smallest absolute Gasteiger partial charge is 0.307 e. The number of thiazole rings is 1. The molecule has 0 saturated heterocycles. The van der Waals surface area contributed by atoms with Crippen molar-refractivity contribution in [3.05, 3.63) is 24.3 Å². The Hall–Kier alpha value is -1.60. The maximum absolute atomic E-state index is 11.5. The van der Waals surface area contributed by atoms with Crippen molar-refractivity contribution in [3.8, 4) is 0 Å². The Bertz CT molecular complexity index is 594. The van der Waals surface area contributed by atoms with Crippen LogP contribution in [0.2, 0.25) is 0 Å². The molecule has 0 bridgehead atoms. The van der Waals surface area contributed by atoms with E-state index >= 15 is 0 Å². The van der Waals surface area contributed by atoms with Gasteiger partial charge in [-0.1, -0.05) is 23.9 Å². The number of aromatic nitrogens is 1. The van der Waals surface area contributed by atoms with Gasteiger partial charge in [0, 0.05) is 5.75 Å². The van der Waals surface area contributed by atoms with E-state index in [1.165, 1.54) is 18.7 Å². The SMILES string of the molecule is C[C@@H](OC(=O)CCSc1nc2ccccc2s1)C(N)=O. The Kier molecular flexibility index (Phi) is 4.97. The monoisotopic (exact) mass is 310 g/mol. The first-order valence-electron chi connectivity index (χ1n) is 6.03. The van der Waals surface area contributed by atoms with E-state index < -0.39 is 18.0 Å². The molecular formula is C13H14N2O3S2. The number of nitrogens with zero attached hydrogens (tertiary/aromatic N) is 1. The molecule has 1 atom stereocenters. The third-order valence-electron chi connectivity index (χ3n) is 2.51. The number of nitrogens with two attached hydrogens (primary N) is 1. The van der Waals surface area contributed by atoms with Crippen LogP contribution in [0.3, 0.4) is 0 Å². The molecule has 2 aromatic rings. The summed E-state index contributed by atoms with van der Waals surface area (Å²) in [5.74, 6) is -0.508. The Morgan fingerprint density at radius 3 is 2.90 bits per heavy atom. The van der Waals surface area contributed by atoms with Gasteiger partial charge in [0.2, 0.25) is 0 Å². The molecule has 1 heterocycles. The number of thioether (sulfide) groups is 1. The van der Waals surface area contributed by atoms with E-state index in [4.69, 9.17) is 10.5 Å². The van der Waals surface area contributed by atoms with Crippen molar-refractivity contribution in [1.82, 2.24) is 4.98 Å². The quantitative estimate of drug-likeness (QED) is 0.653. The molecule has 0 aliphatic rings. The second-order valence-corrected chi connectivity index (χ2v) is 6.45. The van der Waals surface area contributed by atoms with Gasteiger partial charge in [-0.2, -0.15) is 0 Å². The Morgan fingerprint density at radius 1 is 1.45 bits per heavy atom. The number of benzene rings is 1. The predicted octanol–water partition coefficient (Wildman–Crippen LogP) is 2.20. The van der Waals surface area contributed by atoms with E-state index in [1.54, 1.807) is 11.3 Å². The molecule has 20 heavy (non-hydrogen) atoms. The molecule has 2 N–H and O–H groups in total. The van der Waals surface area contributed by atoms with Gasteiger partial charge in [-0.15, -0.1) is 11.3 Å². The van der Waals surface area contributed by atoms with Crippen molar-refractivity contribution in [2.24, 2.45) is 5.73 Å². The molecule has 106 valence electrons. The van der Waals surface area contributed by atoms with Crippen LogP contribution in [0.25, 0.3) is 10.2 Å². The van der Waals surface area contributed by atoms with E-state index in [1.807, 2.05) is 24.3 Å². The minimum absolute atomic E-state index is 0.220. The highest BCUT2D eigenvalue weighted by Gasteiger charge is 2.14. The lowest BCUT2D eigenvalue weighted by Crippen LogP contribution is -2.30. The van der Waals surface area contributed by atoms with Gasteiger partial charge in [0.15, 0.2) is 10.4 Å². The van der Waals surface area contributed by atoms with Gasteiger partial charge in [-0.05, 0) is 19.1 Å². The molecule has 0 radical (unpaired) electrons. The van der Waals surface area contributed by atoms with Crippen LogP contribution in [0.4, 0.5) is 0 Å². The lowest BCUT2D eigenvalue weighted by molar-refractivity contribution is -0.153. The first-order valence-corrected chi connectivity index (χ1v) is 7.83. The number of primary amides is 1. The van der Waals surface area contributed by atoms with Crippen LogP contribution >= 0.6 is 23.1 Å². The lowest BCUT2D eigenvalue weighted by atomic mass is 10.3. The van der Waals surface area contributed by atoms with Gasteiger partial charge in [-0.3, -0.25) is 9.59 Å². The highest BCUT2D eigenvalue weighted by molar-refractivity contribution is 8.01. The van der Waals surface area contributed by atoms with Crippen LogP contribution in [0.1, 0.15) is 13.3 Å². The highest BCUT2D eigenvalue weighted by atomic mass is 32.2. The summed E-state index contributed by atoms with van der Waals surface area (Å²) in [5.41, 5.74) is 5.98. The summed E-state index contributed by atoms with van der Waals surface area (Å²) in [6.07, 6.45) is -0.659. The van der Waals surface area contributed by atoms with E-state index in [0.717, 1.165) is 14.6 Å². The summed E-state index contributed by atoms with van der Waals surface area (Å²) < 4.78 is 6.91. The van der Waals surface area contributed by atoms with Gasteiger partial charge in [0.25, 0.3) is 5.91 Å². The minimum atomic E-state index is -0.880. The summed E-state index contributed by atoms with van der Waals surface area (Å²) in [5, 5.41) is 0. The van der Waals surface area contributed by atoms with Crippen LogP contribution in [-0.2, 0) is 14.3 Å². The number of carbonyl (C=O) groups excluding carboxylic acids is 2. The maximum Gasteiger partial charge on any atom is 0.307 e. The number of para-hydroxylation sites is 1. The largest absolute Gasteiger partial charge is 0.453 e. The molecular weight excluding hydrogens is 296 g/mol. The zero-order valence-corrected chi connectivity index (χ0v) is 12.5. The number of hydrogen-bond acceptors (Lipinski definition) is 6. The Labute approximate surface area is 124 Å². The fraction of sp³-hybridized carbons (Fsp3) is 0.308. The number of esters is 1. The highest BCUT2D eigenvalue weighted by Crippen LogP contribution is 2.29. The van der Waals surface area contributed by atoms with Crippen molar-refractivity contribution in [2.75, 3.05) is 5.75 Å². The number of amides is 1. The normalized spacial score (nSPS) is 12.2. The molecule has 0 spiro atoms. The van der Waals surface area contributed by atoms with Crippen molar-refractivity contribution < 1.29 is 14.3 Å². The lowest BCUT2D eigenvalue weighted by Gasteiger charge is -2.08. The molecule has 5 nitrogen and oxygen atoms in total. The van der Waals surface area contributed by atoms with Crippen LogP contribution in [0, 0.1) is 0 Å². The number of carbonyl (C=O) groups is 2. The second kappa shape index (κ2) is 6.71. The first kappa shape index (κ1) is 14.8. The predicted molar refractivity (Wildman–Crippen MR) is 79.7 cm³/mol. The Balaban J connectivity index is 1.81. The van der Waals surface area contributed by atoms with E-state index in [0.29, 0.717) is 5.75 Å². The molecule has 0 fully saturated rings. The standard InChI is InChI=1S/C13H14N2O3S2/c1-8(12(14)17)18-11(16)6-7-19-13-15-9-4-2-3-5-10(9)20-13/h2-5,8H,6-7H2,1H3,(H2,14,17)/t8-/m1/s1. The zero-order chi connectivity index (χ0) is 14.5. The third-order valence-corrected chi connectivity index (χ3v) is 4.70. The maximum atomic E-state index is 11.5. The number of ether oxygens (including phenoxy) is 1. The molecule has 0 unspecified atom stereocenters. The fourth-order valence-electron chi connectivity index (χ4n) is 1.45. The van der Waals surface area contributed by atoms with E-state index in [2.05, 4.69) is 4.98 Å². The van der Waals surface area contributed by atoms with Gasteiger partial charge in [0.1, 0.15) is 0 Å². The molecule has 7 heteroatoms. The molecule has 0 saturated carbocycles. The van der Waals surface area contributed by atoms with E-state index in [9.17, 15) is 9.59 Å². The van der Waals surface area contributed by atoms with Crippen LogP contribution in [0.5, 0.6) is 0 Å². The summed E-state index contributed by atoms with van der Waals surface area (Å²) in [6.45, 7) is 1.46. The third kappa shape index (κ3) is 3.94. The molecule has 1 aromatic carbocycles. The molecule has 0 aliphatic carbocycles. The van der Waals surface area contributed by atoms with Gasteiger partial charge >= 0.3 is 5.97 Å². The van der Waals surface area contributed by atoms with Crippen molar-refractivity contribution >= 4 is 45.2 Å². The number of hydrogen-bond donors (Lipinski definition) is 1. The van der Waals surface area contributed by atoms with Crippen LogP contribution in [0.15, 0.2) is 28.6 Å². The van der Waals surface area contributed by atoms with E-state index in [-0.39, 0.29) is 6.42 Å². The fourth-order valence-corrected chi connectivity index (χ4v) is 3.51. The first-order chi connectivity index (χ1) is 9.56. The van der Waals surface area contributed by atoms with Crippen LogP contribution < -0.4 is 5.73 Å². The molecule has 1 amide bonds. The Morgan fingerprint density at radius 2 is 2.20 bits per heavy atom.